The van der Waals surface area contributed by atoms with Gasteiger partial charge in [-0.25, -0.2) is 0 Å². The number of nitrogens with one attached hydrogen (secondary N) is 1. The number of carbonyl (C=O) groups excluding carboxylic acids is 2. The first-order valence-electron chi connectivity index (χ1n) is 9.43. The van der Waals surface area contributed by atoms with Gasteiger partial charge in [0.25, 0.3) is 5.91 Å². The molecule has 0 saturated carbocycles. The van der Waals surface area contributed by atoms with Crippen molar-refractivity contribution in [2.24, 2.45) is 0 Å². The molecular formula is C22H25NO6. The average molecular weight is 399 g/mol. The molecule has 7 heteroatoms. The van der Waals surface area contributed by atoms with Crippen molar-refractivity contribution in [2.75, 3.05) is 13.2 Å². The molecule has 3 N–H and O–H groups in total. The van der Waals surface area contributed by atoms with Crippen LogP contribution < -0.4 is 14.8 Å². The zero-order chi connectivity index (χ0) is 21.0. The van der Waals surface area contributed by atoms with Gasteiger partial charge in [-0.1, -0.05) is 30.3 Å². The van der Waals surface area contributed by atoms with Gasteiger partial charge in [0.05, 0.1) is 19.1 Å². The Balaban J connectivity index is 1.61. The molecule has 0 aliphatic carbocycles. The zero-order valence-electron chi connectivity index (χ0n) is 16.5. The Morgan fingerprint density at radius 2 is 2.00 bits per heavy atom. The molecule has 0 spiro atoms. The minimum absolute atomic E-state index is 0.129. The van der Waals surface area contributed by atoms with E-state index in [0.717, 1.165) is 5.56 Å². The highest BCUT2D eigenvalue weighted by Gasteiger charge is 2.35. The number of ether oxygens (including phenoxy) is 2. The third-order valence-electron chi connectivity index (χ3n) is 4.59. The minimum atomic E-state index is -0.682. The van der Waals surface area contributed by atoms with Crippen LogP contribution in [0.4, 0.5) is 0 Å². The molecule has 2 aromatic carbocycles. The second-order valence-electron chi connectivity index (χ2n) is 7.70. The molecule has 0 fully saturated rings. The summed E-state index contributed by atoms with van der Waals surface area (Å²) >= 11 is 0. The number of phenols is 1. The third-order valence-corrected chi connectivity index (χ3v) is 4.59. The van der Waals surface area contributed by atoms with Gasteiger partial charge in [-0.3, -0.25) is 9.59 Å². The summed E-state index contributed by atoms with van der Waals surface area (Å²) in [6.07, 6.45) is 0.661. The number of fused-ring (bicyclic) bond motifs is 1. The number of aromatic hydroxyl groups is 1. The standard InChI is InChI=1S/C22H25NO6/c1-22(2)11-18(26)21-17(25)9-16(10-19(21)29-22)28-13-20(27)23-15(12-24)8-14-6-4-3-5-7-14/h3-7,9-10,15,24-25H,8,11-13H2,1-2H3,(H,23,27). The Kier molecular flexibility index (Phi) is 6.08. The van der Waals surface area contributed by atoms with Crippen LogP contribution in [0.15, 0.2) is 42.5 Å². The van der Waals surface area contributed by atoms with Gasteiger partial charge in [0.2, 0.25) is 0 Å². The molecule has 29 heavy (non-hydrogen) atoms. The maximum atomic E-state index is 12.2. The van der Waals surface area contributed by atoms with E-state index in [1.807, 2.05) is 30.3 Å². The summed E-state index contributed by atoms with van der Waals surface area (Å²) in [4.78, 5) is 24.4. The second-order valence-corrected chi connectivity index (χ2v) is 7.70. The molecule has 1 heterocycles. The first kappa shape index (κ1) is 20.7. The SMILES string of the molecule is CC1(C)CC(=O)c2c(O)cc(OCC(=O)NC(CO)Cc3ccccc3)cc2O1. The van der Waals surface area contributed by atoms with Crippen LogP contribution >= 0.6 is 0 Å². The van der Waals surface area contributed by atoms with Gasteiger partial charge in [-0.2, -0.15) is 0 Å². The zero-order valence-corrected chi connectivity index (χ0v) is 16.5. The average Bonchev–Trinajstić information content (AvgIpc) is 2.65. The van der Waals surface area contributed by atoms with Crippen LogP contribution in [0.2, 0.25) is 0 Å². The van der Waals surface area contributed by atoms with Gasteiger partial charge in [0.15, 0.2) is 12.4 Å². The van der Waals surface area contributed by atoms with E-state index in [0.29, 0.717) is 6.42 Å². The fourth-order valence-corrected chi connectivity index (χ4v) is 3.31. The second kappa shape index (κ2) is 8.53. The molecule has 1 aliphatic heterocycles. The number of hydrogen-bond donors (Lipinski definition) is 3. The number of ketones is 1. The Morgan fingerprint density at radius 3 is 2.69 bits per heavy atom. The molecule has 0 bridgehead atoms. The molecule has 3 rings (SSSR count). The van der Waals surface area contributed by atoms with Gasteiger partial charge < -0.3 is 25.0 Å². The maximum absolute atomic E-state index is 12.2. The van der Waals surface area contributed by atoms with Crippen LogP contribution in [0, 0.1) is 0 Å². The van der Waals surface area contributed by atoms with Crippen molar-refractivity contribution in [1.82, 2.24) is 5.32 Å². The van der Waals surface area contributed by atoms with Crippen molar-refractivity contribution >= 4 is 11.7 Å². The van der Waals surface area contributed by atoms with Crippen LogP contribution in [-0.4, -0.2) is 46.8 Å². The van der Waals surface area contributed by atoms with E-state index in [9.17, 15) is 19.8 Å². The van der Waals surface area contributed by atoms with Crippen molar-refractivity contribution in [3.63, 3.8) is 0 Å². The lowest BCUT2D eigenvalue weighted by Gasteiger charge is -2.32. The smallest absolute Gasteiger partial charge is 0.258 e. The molecule has 1 unspecified atom stereocenters. The van der Waals surface area contributed by atoms with Crippen LogP contribution in [0.25, 0.3) is 0 Å². The summed E-state index contributed by atoms with van der Waals surface area (Å²) in [6.45, 7) is 3.06. The van der Waals surface area contributed by atoms with Gasteiger partial charge in [-0.15, -0.1) is 0 Å². The highest BCUT2D eigenvalue weighted by Crippen LogP contribution is 2.40. The van der Waals surface area contributed by atoms with E-state index in [2.05, 4.69) is 5.32 Å². The van der Waals surface area contributed by atoms with E-state index in [-0.39, 0.29) is 48.2 Å². The Bertz CT molecular complexity index is 894. The van der Waals surface area contributed by atoms with Crippen LogP contribution in [0.1, 0.15) is 36.2 Å². The number of carbonyl (C=O) groups is 2. The summed E-state index contributed by atoms with van der Waals surface area (Å²) < 4.78 is 11.2. The highest BCUT2D eigenvalue weighted by molar-refractivity contribution is 6.03. The minimum Gasteiger partial charge on any atom is -0.507 e. The molecule has 1 aliphatic rings. The monoisotopic (exact) mass is 399 g/mol. The predicted molar refractivity (Wildman–Crippen MR) is 106 cm³/mol. The van der Waals surface area contributed by atoms with Crippen LogP contribution in [0.3, 0.4) is 0 Å². The lowest BCUT2D eigenvalue weighted by atomic mass is 9.92. The van der Waals surface area contributed by atoms with E-state index in [4.69, 9.17) is 9.47 Å². The highest BCUT2D eigenvalue weighted by atomic mass is 16.5. The fourth-order valence-electron chi connectivity index (χ4n) is 3.31. The van der Waals surface area contributed by atoms with Crippen molar-refractivity contribution in [3.8, 4) is 17.2 Å². The van der Waals surface area contributed by atoms with Gasteiger partial charge >= 0.3 is 0 Å². The molecular weight excluding hydrogens is 374 g/mol. The first-order chi connectivity index (χ1) is 13.8. The molecule has 0 aromatic heterocycles. The summed E-state index contributed by atoms with van der Waals surface area (Å²) in [5.41, 5.74) is 0.444. The first-order valence-corrected chi connectivity index (χ1v) is 9.43. The molecule has 154 valence electrons. The van der Waals surface area contributed by atoms with Crippen molar-refractivity contribution in [2.45, 2.75) is 38.3 Å². The lowest BCUT2D eigenvalue weighted by molar-refractivity contribution is -0.124. The summed E-state index contributed by atoms with van der Waals surface area (Å²) in [5, 5.41) is 22.4. The normalized spacial score (nSPS) is 15.8. The number of amides is 1. The van der Waals surface area contributed by atoms with E-state index in [1.165, 1.54) is 12.1 Å². The van der Waals surface area contributed by atoms with Crippen LogP contribution in [0.5, 0.6) is 17.2 Å². The molecule has 7 nitrogen and oxygen atoms in total. The molecule has 2 aromatic rings. The molecule has 0 radical (unpaired) electrons. The van der Waals surface area contributed by atoms with E-state index >= 15 is 0 Å². The number of hydrogen-bond acceptors (Lipinski definition) is 6. The van der Waals surface area contributed by atoms with Gasteiger partial charge in [0, 0.05) is 12.1 Å². The lowest BCUT2D eigenvalue weighted by Crippen LogP contribution is -2.41. The number of aliphatic hydroxyl groups is 1. The number of aliphatic hydroxyl groups excluding tert-OH is 1. The quantitative estimate of drug-likeness (QED) is 0.660. The van der Waals surface area contributed by atoms with E-state index in [1.54, 1.807) is 13.8 Å². The Labute approximate surface area is 169 Å². The maximum Gasteiger partial charge on any atom is 0.258 e. The summed E-state index contributed by atoms with van der Waals surface area (Å²) in [5.74, 6) is -0.403. The topological polar surface area (TPSA) is 105 Å². The predicted octanol–water partition coefficient (Wildman–Crippen LogP) is 2.23. The molecule has 1 atom stereocenters. The van der Waals surface area contributed by atoms with Crippen molar-refractivity contribution in [1.29, 1.82) is 0 Å². The number of rotatable bonds is 7. The number of benzene rings is 2. The summed E-state index contributed by atoms with van der Waals surface area (Å²) in [6, 6.07) is 11.9. The van der Waals surface area contributed by atoms with Crippen molar-refractivity contribution < 1.29 is 29.3 Å². The number of Topliss-reactive ketones (excluding diaryl/α,β-unsaturated/α-hetero) is 1. The van der Waals surface area contributed by atoms with Gasteiger partial charge in [0.1, 0.15) is 28.4 Å². The Morgan fingerprint density at radius 1 is 1.28 bits per heavy atom. The number of phenolic OH excluding ortho intramolecular Hbond substituents is 1. The van der Waals surface area contributed by atoms with Crippen molar-refractivity contribution in [3.05, 3.63) is 53.6 Å². The molecule has 1 amide bonds. The van der Waals surface area contributed by atoms with Crippen LogP contribution in [-0.2, 0) is 11.2 Å². The largest absolute Gasteiger partial charge is 0.507 e. The molecule has 0 saturated heterocycles. The van der Waals surface area contributed by atoms with Gasteiger partial charge in [-0.05, 0) is 25.8 Å². The van der Waals surface area contributed by atoms with E-state index < -0.39 is 17.6 Å². The third kappa shape index (κ3) is 5.26. The Hall–Kier alpha value is -3.06. The fraction of sp³-hybridized carbons (Fsp3) is 0.364. The summed E-state index contributed by atoms with van der Waals surface area (Å²) in [7, 11) is 0.